The van der Waals surface area contributed by atoms with Crippen LogP contribution in [0.15, 0.2) is 152 Å². The van der Waals surface area contributed by atoms with Gasteiger partial charge in [0.05, 0.1) is 5.69 Å². The lowest BCUT2D eigenvalue weighted by Crippen LogP contribution is -2.16. The molecule has 0 radical (unpaired) electrons. The third kappa shape index (κ3) is 4.02. The molecule has 1 aliphatic rings. The van der Waals surface area contributed by atoms with E-state index >= 15 is 0 Å². The van der Waals surface area contributed by atoms with Gasteiger partial charge in [-0.2, -0.15) is 0 Å². The Balaban J connectivity index is 1.27. The van der Waals surface area contributed by atoms with Crippen LogP contribution in [0.2, 0.25) is 0 Å². The van der Waals surface area contributed by atoms with E-state index < -0.39 is 0 Å². The summed E-state index contributed by atoms with van der Waals surface area (Å²) in [4.78, 5) is 2.38. The molecule has 1 heterocycles. The van der Waals surface area contributed by atoms with Crippen LogP contribution >= 0.6 is 0 Å². The topological polar surface area (TPSA) is 8.17 Å². The average Bonchev–Trinajstić information content (AvgIpc) is 3.50. The van der Waals surface area contributed by atoms with Gasteiger partial charge in [-0.25, -0.2) is 0 Å². The Hall–Kier alpha value is -5.34. The fourth-order valence-electron chi connectivity index (χ4n) is 7.25. The van der Waals surface area contributed by atoms with Crippen LogP contribution < -0.4 is 4.90 Å². The zero-order valence-electron chi connectivity index (χ0n) is 25.3. The average molecular weight is 567 g/mol. The highest BCUT2D eigenvalue weighted by Crippen LogP contribution is 2.50. The zero-order valence-corrected chi connectivity index (χ0v) is 25.3. The largest absolute Gasteiger partial charge is 0.343 e. The Kier molecular flexibility index (Phi) is 6.06. The molecule has 0 atom stereocenters. The third-order valence-corrected chi connectivity index (χ3v) is 9.41. The first-order valence-electron chi connectivity index (χ1n) is 15.4. The maximum Gasteiger partial charge on any atom is 0.0568 e. The van der Waals surface area contributed by atoms with E-state index in [0.717, 1.165) is 11.4 Å². The Morgan fingerprint density at radius 3 is 1.86 bits per heavy atom. The molecule has 0 fully saturated rings. The second-order valence-electron chi connectivity index (χ2n) is 12.3. The van der Waals surface area contributed by atoms with Gasteiger partial charge in [-0.05, 0) is 75.8 Å². The highest BCUT2D eigenvalue weighted by Gasteiger charge is 2.35. The van der Waals surface area contributed by atoms with Crippen LogP contribution in [0.25, 0.3) is 44.4 Å². The molecular weight excluding hydrogens is 532 g/mol. The minimum Gasteiger partial charge on any atom is -0.343 e. The van der Waals surface area contributed by atoms with E-state index in [-0.39, 0.29) is 5.41 Å². The highest BCUT2D eigenvalue weighted by molar-refractivity contribution is 6.04. The first-order valence-corrected chi connectivity index (χ1v) is 15.4. The summed E-state index contributed by atoms with van der Waals surface area (Å²) in [5.41, 5.74) is 15.0. The number of hydrogen-bond acceptors (Lipinski definition) is 1. The monoisotopic (exact) mass is 566 g/mol. The van der Waals surface area contributed by atoms with E-state index in [0.29, 0.717) is 0 Å². The van der Waals surface area contributed by atoms with Crippen LogP contribution in [0, 0.1) is 0 Å². The van der Waals surface area contributed by atoms with Gasteiger partial charge < -0.3 is 9.47 Å². The summed E-state index contributed by atoms with van der Waals surface area (Å²) in [6.07, 6.45) is 0. The van der Waals surface area contributed by atoms with E-state index in [1.54, 1.807) is 0 Å². The second kappa shape index (κ2) is 10.1. The number of aromatic nitrogens is 1. The molecule has 8 rings (SSSR count). The molecule has 2 nitrogen and oxygen atoms in total. The summed E-state index contributed by atoms with van der Waals surface area (Å²) >= 11 is 0. The first-order chi connectivity index (χ1) is 21.5. The number of para-hydroxylation sites is 2. The normalized spacial score (nSPS) is 13.1. The van der Waals surface area contributed by atoms with E-state index in [1.165, 1.54) is 61.2 Å². The van der Waals surface area contributed by atoms with Crippen molar-refractivity contribution in [2.45, 2.75) is 19.3 Å². The smallest absolute Gasteiger partial charge is 0.0568 e. The van der Waals surface area contributed by atoms with Gasteiger partial charge in [0.1, 0.15) is 0 Å². The summed E-state index contributed by atoms with van der Waals surface area (Å²) < 4.78 is 2.33. The molecular formula is C42H34N2. The lowest BCUT2D eigenvalue weighted by molar-refractivity contribution is 0.660. The van der Waals surface area contributed by atoms with E-state index in [4.69, 9.17) is 0 Å². The number of hydrogen-bond donors (Lipinski definition) is 0. The molecule has 0 saturated carbocycles. The van der Waals surface area contributed by atoms with Crippen LogP contribution in [0.5, 0.6) is 0 Å². The van der Waals surface area contributed by atoms with Crippen molar-refractivity contribution < 1.29 is 0 Å². The van der Waals surface area contributed by atoms with Crippen molar-refractivity contribution in [1.82, 2.24) is 4.57 Å². The number of fused-ring (bicyclic) bond motifs is 4. The fourth-order valence-corrected chi connectivity index (χ4v) is 7.25. The molecule has 1 aromatic heterocycles. The SMILES string of the molecule is Cn1c(-c2ccccc2)c(-c2ccc(N(c3ccccc3)c3ccc4c(c3)C(C)(C)c3ccccc3-4)cc2)c2ccccc21. The number of rotatable bonds is 5. The Morgan fingerprint density at radius 2 is 1.09 bits per heavy atom. The van der Waals surface area contributed by atoms with E-state index in [1.807, 2.05) is 0 Å². The van der Waals surface area contributed by atoms with Gasteiger partial charge >= 0.3 is 0 Å². The molecule has 2 heteroatoms. The molecule has 6 aromatic carbocycles. The van der Waals surface area contributed by atoms with E-state index in [2.05, 4.69) is 182 Å². The van der Waals surface area contributed by atoms with Gasteiger partial charge in [0.2, 0.25) is 0 Å². The molecule has 212 valence electrons. The molecule has 7 aromatic rings. The quantitative estimate of drug-likeness (QED) is 0.201. The molecule has 0 spiro atoms. The second-order valence-corrected chi connectivity index (χ2v) is 12.3. The Morgan fingerprint density at radius 1 is 0.500 bits per heavy atom. The van der Waals surface area contributed by atoms with Crippen molar-refractivity contribution in [1.29, 1.82) is 0 Å². The zero-order chi connectivity index (χ0) is 29.8. The number of benzene rings is 6. The van der Waals surface area contributed by atoms with Crippen LogP contribution in [-0.2, 0) is 12.5 Å². The van der Waals surface area contributed by atoms with Crippen LogP contribution in [-0.4, -0.2) is 4.57 Å². The van der Waals surface area contributed by atoms with Crippen molar-refractivity contribution in [3.63, 3.8) is 0 Å². The molecule has 0 saturated heterocycles. The van der Waals surface area contributed by atoms with Crippen LogP contribution in [0.1, 0.15) is 25.0 Å². The minimum absolute atomic E-state index is 0.0592. The number of nitrogens with zero attached hydrogens (tertiary/aromatic N) is 2. The molecule has 0 amide bonds. The fraction of sp³-hybridized carbons (Fsp3) is 0.0952. The molecule has 1 aliphatic carbocycles. The third-order valence-electron chi connectivity index (χ3n) is 9.41. The predicted octanol–water partition coefficient (Wildman–Crippen LogP) is 11.3. The van der Waals surface area contributed by atoms with Gasteiger partial charge in [-0.15, -0.1) is 0 Å². The maximum atomic E-state index is 2.40. The molecule has 0 unspecified atom stereocenters. The summed E-state index contributed by atoms with van der Waals surface area (Å²) in [5, 5.41) is 1.27. The summed E-state index contributed by atoms with van der Waals surface area (Å²) in [7, 11) is 2.17. The van der Waals surface area contributed by atoms with Gasteiger partial charge in [-0.1, -0.05) is 123 Å². The first kappa shape index (κ1) is 26.3. The van der Waals surface area contributed by atoms with Gasteiger partial charge in [-0.3, -0.25) is 0 Å². The molecule has 0 bridgehead atoms. The Bertz CT molecular complexity index is 2140. The van der Waals surface area contributed by atoms with Crippen LogP contribution in [0.4, 0.5) is 17.1 Å². The molecule has 0 aliphatic heterocycles. The van der Waals surface area contributed by atoms with Gasteiger partial charge in [0.15, 0.2) is 0 Å². The van der Waals surface area contributed by atoms with Crippen molar-refractivity contribution in [3.8, 4) is 33.5 Å². The lowest BCUT2D eigenvalue weighted by atomic mass is 9.82. The van der Waals surface area contributed by atoms with Crippen molar-refractivity contribution >= 4 is 28.0 Å². The number of anilines is 3. The predicted molar refractivity (Wildman–Crippen MR) is 186 cm³/mol. The Labute approximate surface area is 259 Å². The van der Waals surface area contributed by atoms with Crippen molar-refractivity contribution in [3.05, 3.63) is 163 Å². The minimum atomic E-state index is -0.0592. The lowest BCUT2D eigenvalue weighted by Gasteiger charge is -2.28. The molecule has 44 heavy (non-hydrogen) atoms. The number of aryl methyl sites for hydroxylation is 1. The van der Waals surface area contributed by atoms with Crippen molar-refractivity contribution in [2.75, 3.05) is 4.90 Å². The maximum absolute atomic E-state index is 2.40. The summed E-state index contributed by atoms with van der Waals surface area (Å²) in [6, 6.07) is 55.1. The van der Waals surface area contributed by atoms with E-state index in [9.17, 15) is 0 Å². The summed E-state index contributed by atoms with van der Waals surface area (Å²) in [6.45, 7) is 4.69. The van der Waals surface area contributed by atoms with Crippen molar-refractivity contribution in [2.24, 2.45) is 7.05 Å². The van der Waals surface area contributed by atoms with Gasteiger partial charge in [0.25, 0.3) is 0 Å². The van der Waals surface area contributed by atoms with Crippen LogP contribution in [0.3, 0.4) is 0 Å². The highest BCUT2D eigenvalue weighted by atomic mass is 15.1. The summed E-state index contributed by atoms with van der Waals surface area (Å²) in [5.74, 6) is 0. The standard InChI is InChI=1S/C42H34N2/c1-42(2)37-20-12-10-18-34(37)35-27-26-33(28-38(35)42)44(31-16-8-5-9-17-31)32-24-22-29(23-25-32)40-36-19-11-13-21-39(36)43(3)41(40)30-14-6-4-7-15-30/h4-28H,1-3H3. The molecule has 0 N–H and O–H groups in total. The van der Waals surface area contributed by atoms with Gasteiger partial charge in [0, 0.05) is 46.0 Å².